The zero-order valence-corrected chi connectivity index (χ0v) is 10.8. The maximum Gasteiger partial charge on any atom is 0.0992 e. The van der Waals surface area contributed by atoms with Gasteiger partial charge >= 0.3 is 0 Å². The predicted molar refractivity (Wildman–Crippen MR) is 75.3 cm³/mol. The second-order valence-electron chi connectivity index (χ2n) is 3.67. The van der Waals surface area contributed by atoms with E-state index >= 15 is 0 Å². The molecule has 0 bridgehead atoms. The number of hydrogen-bond donors (Lipinski definition) is 2. The first-order chi connectivity index (χ1) is 8.60. The van der Waals surface area contributed by atoms with Crippen molar-refractivity contribution >= 4 is 40.3 Å². The number of nitrogens with one attached hydrogen (secondary N) is 1. The molecule has 2 aromatic rings. The Balaban J connectivity index is 2.32. The Morgan fingerprint density at radius 3 is 2.17 bits per heavy atom. The van der Waals surface area contributed by atoms with Crippen LogP contribution in [0.4, 0.5) is 17.1 Å². The monoisotopic (exact) mass is 277 g/mol. The molecule has 2 aromatic carbocycles. The minimum atomic E-state index is 0.460. The van der Waals surface area contributed by atoms with Crippen molar-refractivity contribution in [3.63, 3.8) is 0 Å². The first kappa shape index (κ1) is 12.6. The zero-order valence-electron chi connectivity index (χ0n) is 9.24. The van der Waals surface area contributed by atoms with E-state index in [1.807, 2.05) is 6.07 Å². The Kier molecular flexibility index (Phi) is 3.61. The smallest absolute Gasteiger partial charge is 0.0992 e. The van der Waals surface area contributed by atoms with Crippen molar-refractivity contribution in [2.45, 2.75) is 0 Å². The number of nitrogen functional groups attached to an aromatic ring is 1. The lowest BCUT2D eigenvalue weighted by atomic mass is 10.2. The molecule has 0 unspecified atom stereocenters. The third kappa shape index (κ3) is 2.67. The van der Waals surface area contributed by atoms with E-state index in [2.05, 4.69) is 5.32 Å². The summed E-state index contributed by atoms with van der Waals surface area (Å²) in [6.07, 6.45) is 0. The summed E-state index contributed by atoms with van der Waals surface area (Å²) in [5.74, 6) is 0. The van der Waals surface area contributed by atoms with Gasteiger partial charge in [-0.3, -0.25) is 0 Å². The number of rotatable bonds is 2. The van der Waals surface area contributed by atoms with Crippen molar-refractivity contribution in [3.8, 4) is 6.07 Å². The molecule has 5 heteroatoms. The molecule has 0 heterocycles. The lowest BCUT2D eigenvalue weighted by Crippen LogP contribution is -1.94. The Labute approximate surface area is 115 Å². The van der Waals surface area contributed by atoms with Gasteiger partial charge in [-0.2, -0.15) is 5.26 Å². The molecule has 0 aliphatic carbocycles. The first-order valence-electron chi connectivity index (χ1n) is 5.12. The summed E-state index contributed by atoms with van der Waals surface area (Å²) in [5.41, 5.74) is 8.11. The Morgan fingerprint density at radius 2 is 1.61 bits per heavy atom. The van der Waals surface area contributed by atoms with Crippen molar-refractivity contribution in [2.75, 3.05) is 11.1 Å². The number of hydrogen-bond acceptors (Lipinski definition) is 3. The SMILES string of the molecule is N#Cc1ccc(Nc2ccc(N)cc2Cl)c(Cl)c1. The van der Waals surface area contributed by atoms with Crippen LogP contribution in [0.15, 0.2) is 36.4 Å². The minimum absolute atomic E-state index is 0.460. The largest absolute Gasteiger partial charge is 0.399 e. The van der Waals surface area contributed by atoms with Crippen molar-refractivity contribution in [1.82, 2.24) is 0 Å². The highest BCUT2D eigenvalue weighted by Gasteiger charge is 2.05. The average molecular weight is 278 g/mol. The van der Waals surface area contributed by atoms with Crippen LogP contribution in [0.5, 0.6) is 0 Å². The van der Waals surface area contributed by atoms with Gasteiger partial charge in [0.15, 0.2) is 0 Å². The molecule has 0 amide bonds. The summed E-state index contributed by atoms with van der Waals surface area (Å²) in [6.45, 7) is 0. The fraction of sp³-hybridized carbons (Fsp3) is 0. The molecule has 0 atom stereocenters. The van der Waals surface area contributed by atoms with Crippen LogP contribution in [-0.2, 0) is 0 Å². The fourth-order valence-corrected chi connectivity index (χ4v) is 1.93. The molecule has 90 valence electrons. The van der Waals surface area contributed by atoms with Crippen LogP contribution < -0.4 is 11.1 Å². The van der Waals surface area contributed by atoms with Crippen LogP contribution in [0.1, 0.15) is 5.56 Å². The first-order valence-corrected chi connectivity index (χ1v) is 5.87. The van der Waals surface area contributed by atoms with Crippen LogP contribution in [0.3, 0.4) is 0 Å². The van der Waals surface area contributed by atoms with Gasteiger partial charge in [-0.05, 0) is 36.4 Å². The van der Waals surface area contributed by atoms with Crippen molar-refractivity contribution in [3.05, 3.63) is 52.0 Å². The second kappa shape index (κ2) is 5.18. The molecule has 0 spiro atoms. The summed E-state index contributed by atoms with van der Waals surface area (Å²) < 4.78 is 0. The van der Waals surface area contributed by atoms with E-state index in [1.54, 1.807) is 36.4 Å². The van der Waals surface area contributed by atoms with Gasteiger partial charge < -0.3 is 11.1 Å². The highest BCUT2D eigenvalue weighted by molar-refractivity contribution is 6.35. The van der Waals surface area contributed by atoms with E-state index in [0.29, 0.717) is 32.7 Å². The number of nitrogens with zero attached hydrogens (tertiary/aromatic N) is 1. The molecular formula is C13H9Cl2N3. The van der Waals surface area contributed by atoms with Crippen LogP contribution in [0.25, 0.3) is 0 Å². The van der Waals surface area contributed by atoms with Gasteiger partial charge in [0.25, 0.3) is 0 Å². The van der Waals surface area contributed by atoms with Gasteiger partial charge in [-0.1, -0.05) is 23.2 Å². The molecule has 0 aromatic heterocycles. The lowest BCUT2D eigenvalue weighted by molar-refractivity contribution is 1.47. The van der Waals surface area contributed by atoms with E-state index in [9.17, 15) is 0 Å². The lowest BCUT2D eigenvalue weighted by Gasteiger charge is -2.10. The number of anilines is 3. The normalized spacial score (nSPS) is 9.83. The number of nitrogens with two attached hydrogens (primary N) is 1. The average Bonchev–Trinajstić information content (AvgIpc) is 2.34. The molecule has 18 heavy (non-hydrogen) atoms. The highest BCUT2D eigenvalue weighted by atomic mass is 35.5. The highest BCUT2D eigenvalue weighted by Crippen LogP contribution is 2.31. The van der Waals surface area contributed by atoms with Gasteiger partial charge in [-0.25, -0.2) is 0 Å². The molecular weight excluding hydrogens is 269 g/mol. The van der Waals surface area contributed by atoms with Gasteiger partial charge in [0, 0.05) is 5.69 Å². The van der Waals surface area contributed by atoms with Gasteiger partial charge in [0.2, 0.25) is 0 Å². The molecule has 0 aliphatic rings. The van der Waals surface area contributed by atoms with Crippen LogP contribution >= 0.6 is 23.2 Å². The van der Waals surface area contributed by atoms with Crippen LogP contribution in [0, 0.1) is 11.3 Å². The summed E-state index contributed by atoms with van der Waals surface area (Å²) in [4.78, 5) is 0. The molecule has 3 N–H and O–H groups in total. The minimum Gasteiger partial charge on any atom is -0.399 e. The molecule has 0 fully saturated rings. The standard InChI is InChI=1S/C13H9Cl2N3/c14-10-5-8(7-16)1-3-12(10)18-13-4-2-9(17)6-11(13)15/h1-6,18H,17H2. The van der Waals surface area contributed by atoms with Crippen molar-refractivity contribution < 1.29 is 0 Å². The number of halogens is 2. The summed E-state index contributed by atoms with van der Waals surface area (Å²) in [5, 5.41) is 12.8. The predicted octanol–water partition coefficient (Wildman–Crippen LogP) is 4.19. The van der Waals surface area contributed by atoms with Crippen LogP contribution in [-0.4, -0.2) is 0 Å². The van der Waals surface area contributed by atoms with E-state index < -0.39 is 0 Å². The number of benzene rings is 2. The van der Waals surface area contributed by atoms with E-state index in [1.165, 1.54) is 0 Å². The molecule has 3 nitrogen and oxygen atoms in total. The maximum atomic E-state index is 8.75. The summed E-state index contributed by atoms with van der Waals surface area (Å²) in [7, 11) is 0. The van der Waals surface area contributed by atoms with Gasteiger partial charge in [0.05, 0.1) is 33.1 Å². The molecule has 0 saturated heterocycles. The topological polar surface area (TPSA) is 61.8 Å². The van der Waals surface area contributed by atoms with E-state index in [-0.39, 0.29) is 0 Å². The second-order valence-corrected chi connectivity index (χ2v) is 4.49. The van der Waals surface area contributed by atoms with Gasteiger partial charge in [-0.15, -0.1) is 0 Å². The van der Waals surface area contributed by atoms with Crippen molar-refractivity contribution in [1.29, 1.82) is 5.26 Å². The Hall–Kier alpha value is -1.89. The Morgan fingerprint density at radius 1 is 1.00 bits per heavy atom. The molecule has 0 aliphatic heterocycles. The van der Waals surface area contributed by atoms with Crippen molar-refractivity contribution in [2.24, 2.45) is 0 Å². The fourth-order valence-electron chi connectivity index (χ4n) is 1.46. The quantitative estimate of drug-likeness (QED) is 0.809. The molecule has 2 rings (SSSR count). The number of nitriles is 1. The van der Waals surface area contributed by atoms with E-state index in [0.717, 1.165) is 0 Å². The molecule has 0 radical (unpaired) electrons. The third-order valence-corrected chi connectivity index (χ3v) is 2.99. The van der Waals surface area contributed by atoms with Gasteiger partial charge in [0.1, 0.15) is 0 Å². The summed E-state index contributed by atoms with van der Waals surface area (Å²) in [6, 6.07) is 12.2. The van der Waals surface area contributed by atoms with E-state index in [4.69, 9.17) is 34.2 Å². The third-order valence-electron chi connectivity index (χ3n) is 2.36. The molecule has 0 saturated carbocycles. The zero-order chi connectivity index (χ0) is 13.1. The Bertz CT molecular complexity index is 633. The van der Waals surface area contributed by atoms with Crippen LogP contribution in [0.2, 0.25) is 10.0 Å². The summed E-state index contributed by atoms with van der Waals surface area (Å²) >= 11 is 12.1. The maximum absolute atomic E-state index is 8.75.